The van der Waals surface area contributed by atoms with Crippen LogP contribution in [0.1, 0.15) is 32.3 Å². The molecule has 2 aromatic rings. The summed E-state index contributed by atoms with van der Waals surface area (Å²) >= 11 is 7.95. The highest BCUT2D eigenvalue weighted by Gasteiger charge is 2.33. The zero-order valence-corrected chi connectivity index (χ0v) is 19.9. The topological polar surface area (TPSA) is 32.8 Å². The number of nitrogens with zero attached hydrogens (tertiary/aromatic N) is 2. The van der Waals surface area contributed by atoms with E-state index in [9.17, 15) is 4.79 Å². The molecule has 0 spiro atoms. The quantitative estimate of drug-likeness (QED) is 0.500. The molecule has 2 aliphatic rings. The summed E-state index contributed by atoms with van der Waals surface area (Å²) in [5.74, 6) is 1.54. The van der Waals surface area contributed by atoms with Crippen molar-refractivity contribution < 1.29 is 9.53 Å². The summed E-state index contributed by atoms with van der Waals surface area (Å²) in [5.41, 5.74) is 2.19. The highest BCUT2D eigenvalue weighted by molar-refractivity contribution is 8.14. The van der Waals surface area contributed by atoms with Gasteiger partial charge in [-0.1, -0.05) is 41.6 Å². The van der Waals surface area contributed by atoms with Crippen molar-refractivity contribution >= 4 is 34.3 Å². The Kier molecular flexibility index (Phi) is 7.47. The number of ether oxygens (including phenoxy) is 1. The molecule has 2 saturated heterocycles. The van der Waals surface area contributed by atoms with Crippen molar-refractivity contribution in [3.05, 3.63) is 59.1 Å². The molecule has 166 valence electrons. The van der Waals surface area contributed by atoms with Gasteiger partial charge in [0.1, 0.15) is 5.75 Å². The second kappa shape index (κ2) is 10.3. The van der Waals surface area contributed by atoms with E-state index in [0.717, 1.165) is 49.1 Å². The molecule has 6 heteroatoms. The molecule has 4 rings (SSSR count). The van der Waals surface area contributed by atoms with E-state index in [1.807, 2.05) is 61.2 Å². The van der Waals surface area contributed by atoms with Gasteiger partial charge in [-0.15, -0.1) is 0 Å². The van der Waals surface area contributed by atoms with Gasteiger partial charge in [0.05, 0.1) is 6.10 Å². The molecule has 2 fully saturated rings. The van der Waals surface area contributed by atoms with Crippen molar-refractivity contribution in [3.63, 3.8) is 0 Å². The van der Waals surface area contributed by atoms with E-state index >= 15 is 0 Å². The van der Waals surface area contributed by atoms with Gasteiger partial charge in [0, 0.05) is 29.0 Å². The van der Waals surface area contributed by atoms with Gasteiger partial charge < -0.3 is 14.5 Å². The van der Waals surface area contributed by atoms with Gasteiger partial charge in [-0.3, -0.25) is 4.79 Å². The van der Waals surface area contributed by atoms with Gasteiger partial charge in [-0.2, -0.15) is 0 Å². The molecular formula is C25H31ClN2O2S. The first-order chi connectivity index (χ1) is 15.0. The van der Waals surface area contributed by atoms with Crippen molar-refractivity contribution in [2.75, 3.05) is 31.1 Å². The van der Waals surface area contributed by atoms with Crippen LogP contribution in [0, 0.1) is 5.92 Å². The summed E-state index contributed by atoms with van der Waals surface area (Å²) in [6.45, 7) is 8.03. The lowest BCUT2D eigenvalue weighted by Gasteiger charge is -2.33. The third kappa shape index (κ3) is 5.97. The van der Waals surface area contributed by atoms with Crippen molar-refractivity contribution in [3.8, 4) is 5.75 Å². The van der Waals surface area contributed by atoms with Gasteiger partial charge in [0.15, 0.2) is 0 Å². The van der Waals surface area contributed by atoms with Gasteiger partial charge >= 0.3 is 0 Å². The van der Waals surface area contributed by atoms with Crippen LogP contribution in [0.15, 0.2) is 48.5 Å². The Hall–Kier alpha value is -1.69. The van der Waals surface area contributed by atoms with Crippen molar-refractivity contribution in [2.45, 2.75) is 44.5 Å². The molecule has 2 aliphatic heterocycles. The number of hydrogen-bond acceptors (Lipinski definition) is 4. The number of thioether (sulfide) groups is 1. The van der Waals surface area contributed by atoms with Crippen LogP contribution < -0.4 is 9.64 Å². The summed E-state index contributed by atoms with van der Waals surface area (Å²) in [5, 5.41) is 1.34. The van der Waals surface area contributed by atoms with Crippen molar-refractivity contribution in [1.29, 1.82) is 0 Å². The van der Waals surface area contributed by atoms with Crippen LogP contribution in [0.2, 0.25) is 5.02 Å². The number of para-hydroxylation sites is 1. The second-order valence-electron chi connectivity index (χ2n) is 8.82. The lowest BCUT2D eigenvalue weighted by atomic mass is 9.90. The summed E-state index contributed by atoms with van der Waals surface area (Å²) in [7, 11) is 0. The van der Waals surface area contributed by atoms with E-state index in [0.29, 0.717) is 11.2 Å². The van der Waals surface area contributed by atoms with Crippen LogP contribution in [-0.4, -0.2) is 47.7 Å². The Morgan fingerprint density at radius 3 is 2.58 bits per heavy atom. The highest BCUT2D eigenvalue weighted by atomic mass is 35.5. The van der Waals surface area contributed by atoms with Crippen molar-refractivity contribution in [2.24, 2.45) is 5.92 Å². The van der Waals surface area contributed by atoms with Gasteiger partial charge in [0.25, 0.3) is 5.24 Å². The van der Waals surface area contributed by atoms with Gasteiger partial charge in [-0.25, -0.2) is 0 Å². The lowest BCUT2D eigenvalue weighted by Crippen LogP contribution is -2.39. The predicted octanol–water partition coefficient (Wildman–Crippen LogP) is 6.12. The highest BCUT2D eigenvalue weighted by Crippen LogP contribution is 2.33. The normalized spacial score (nSPS) is 20.6. The van der Waals surface area contributed by atoms with E-state index in [1.165, 1.54) is 30.2 Å². The number of rotatable bonds is 7. The summed E-state index contributed by atoms with van der Waals surface area (Å²) in [6, 6.07) is 16.0. The first-order valence-electron chi connectivity index (χ1n) is 11.2. The predicted molar refractivity (Wildman–Crippen MR) is 131 cm³/mol. The number of piperidine rings is 1. The Morgan fingerprint density at radius 2 is 1.87 bits per heavy atom. The molecular weight excluding hydrogens is 428 g/mol. The van der Waals surface area contributed by atoms with Crippen LogP contribution >= 0.6 is 23.4 Å². The SMILES string of the molecule is CC(C)Oc1ccc(Cl)c(CC2CCN(CC3CN(c4ccccc4)C(=O)S3)CC2)c1. The molecule has 1 atom stereocenters. The smallest absolute Gasteiger partial charge is 0.286 e. The molecule has 4 nitrogen and oxygen atoms in total. The molecule has 0 bridgehead atoms. The fourth-order valence-corrected chi connectivity index (χ4v) is 5.76. The molecule has 1 amide bonds. The Bertz CT molecular complexity index is 884. The van der Waals surface area contributed by atoms with Crippen LogP contribution in [-0.2, 0) is 6.42 Å². The Morgan fingerprint density at radius 1 is 1.13 bits per heavy atom. The minimum Gasteiger partial charge on any atom is -0.491 e. The van der Waals surface area contributed by atoms with E-state index in [2.05, 4.69) is 11.0 Å². The molecule has 0 aliphatic carbocycles. The zero-order chi connectivity index (χ0) is 21.8. The van der Waals surface area contributed by atoms with E-state index in [-0.39, 0.29) is 11.3 Å². The zero-order valence-electron chi connectivity index (χ0n) is 18.3. The molecule has 0 radical (unpaired) electrons. The number of carbonyl (C=O) groups is 1. The average Bonchev–Trinajstić information content (AvgIpc) is 3.12. The Labute approximate surface area is 194 Å². The van der Waals surface area contributed by atoms with E-state index in [4.69, 9.17) is 16.3 Å². The minimum absolute atomic E-state index is 0.162. The first kappa shape index (κ1) is 22.5. The summed E-state index contributed by atoms with van der Waals surface area (Å²) in [4.78, 5) is 16.9. The molecule has 0 aromatic heterocycles. The maximum Gasteiger partial charge on any atom is 0.286 e. The van der Waals surface area contributed by atoms with E-state index in [1.54, 1.807) is 0 Å². The van der Waals surface area contributed by atoms with Gasteiger partial charge in [-0.05, 0) is 88.0 Å². The van der Waals surface area contributed by atoms with Crippen LogP contribution in [0.25, 0.3) is 0 Å². The maximum atomic E-state index is 12.5. The van der Waals surface area contributed by atoms with Crippen molar-refractivity contribution in [1.82, 2.24) is 4.90 Å². The number of carbonyl (C=O) groups excluding carboxylic acids is 1. The molecule has 2 aromatic carbocycles. The fraction of sp³-hybridized carbons (Fsp3) is 0.480. The van der Waals surface area contributed by atoms with Crippen LogP contribution in [0.5, 0.6) is 5.75 Å². The monoisotopic (exact) mass is 458 g/mol. The summed E-state index contributed by atoms with van der Waals surface area (Å²) < 4.78 is 5.84. The number of halogens is 1. The standard InChI is InChI=1S/C25H31ClN2O2S/c1-18(2)30-22-8-9-24(26)20(15-22)14-19-10-12-27(13-11-19)16-23-17-28(25(29)31-23)21-6-4-3-5-7-21/h3-9,15,18-19,23H,10-14,16-17H2,1-2H3. The molecule has 0 saturated carbocycles. The third-order valence-corrected chi connectivity index (χ3v) is 7.43. The maximum absolute atomic E-state index is 12.5. The minimum atomic E-state index is 0.162. The summed E-state index contributed by atoms with van der Waals surface area (Å²) in [6.07, 6.45) is 3.49. The molecule has 31 heavy (non-hydrogen) atoms. The lowest BCUT2D eigenvalue weighted by molar-refractivity contribution is 0.185. The van der Waals surface area contributed by atoms with Gasteiger partial charge in [0.2, 0.25) is 0 Å². The molecule has 2 heterocycles. The third-order valence-electron chi connectivity index (χ3n) is 6.01. The number of anilines is 1. The van der Waals surface area contributed by atoms with Crippen LogP contribution in [0.3, 0.4) is 0 Å². The number of hydrogen-bond donors (Lipinski definition) is 0. The van der Waals surface area contributed by atoms with Crippen LogP contribution in [0.4, 0.5) is 10.5 Å². The molecule has 1 unspecified atom stereocenters. The fourth-order valence-electron chi connectivity index (χ4n) is 4.46. The largest absolute Gasteiger partial charge is 0.491 e. The Balaban J connectivity index is 1.26. The number of benzene rings is 2. The number of amides is 1. The van der Waals surface area contributed by atoms with E-state index < -0.39 is 0 Å². The average molecular weight is 459 g/mol. The number of likely N-dealkylation sites (tertiary alicyclic amines) is 1. The molecule has 0 N–H and O–H groups in total. The second-order valence-corrected chi connectivity index (χ2v) is 10.5. The first-order valence-corrected chi connectivity index (χ1v) is 12.4.